The summed E-state index contributed by atoms with van der Waals surface area (Å²) >= 11 is 0. The Kier molecular flexibility index (Phi) is 4.56. The lowest BCUT2D eigenvalue weighted by Gasteiger charge is -2.05. The first-order chi connectivity index (χ1) is 9.62. The number of furan rings is 1. The largest absolute Gasteiger partial charge is 0.467 e. The molecule has 104 valence electrons. The molecule has 0 aliphatic rings. The van der Waals surface area contributed by atoms with Gasteiger partial charge < -0.3 is 9.15 Å². The quantitative estimate of drug-likeness (QED) is 0.762. The van der Waals surface area contributed by atoms with Crippen molar-refractivity contribution < 1.29 is 17.6 Å². The molecule has 0 aliphatic carbocycles. The van der Waals surface area contributed by atoms with Crippen LogP contribution in [0.25, 0.3) is 0 Å². The summed E-state index contributed by atoms with van der Waals surface area (Å²) in [6.45, 7) is 0.306. The van der Waals surface area contributed by atoms with Crippen LogP contribution in [0.3, 0.4) is 0 Å². The molecule has 0 saturated heterocycles. The van der Waals surface area contributed by atoms with E-state index >= 15 is 0 Å². The molecule has 0 atom stereocenters. The molecule has 0 amide bonds. The Morgan fingerprint density at radius 2 is 2.10 bits per heavy atom. The Balaban J connectivity index is 1.92. The highest BCUT2D eigenvalue weighted by molar-refractivity contribution is 7.91. The summed E-state index contributed by atoms with van der Waals surface area (Å²) in [5.74, 6) is 0.511. The van der Waals surface area contributed by atoms with Gasteiger partial charge in [-0.1, -0.05) is 6.07 Å². The molecule has 5 nitrogen and oxygen atoms in total. The molecule has 0 radical (unpaired) electrons. The van der Waals surface area contributed by atoms with Crippen molar-refractivity contribution in [2.45, 2.75) is 11.5 Å². The Labute approximate surface area is 117 Å². The number of sulfone groups is 1. The maximum Gasteiger partial charge on any atom is 0.180 e. The number of hydrogen-bond acceptors (Lipinski definition) is 5. The van der Waals surface area contributed by atoms with Crippen LogP contribution in [0, 0.1) is 11.3 Å². The lowest BCUT2D eigenvalue weighted by Crippen LogP contribution is -2.12. The molecule has 0 unspecified atom stereocenters. The monoisotopic (exact) mass is 291 g/mol. The summed E-state index contributed by atoms with van der Waals surface area (Å²) in [7, 11) is -3.44. The fourth-order valence-electron chi connectivity index (χ4n) is 1.61. The van der Waals surface area contributed by atoms with Gasteiger partial charge in [-0.25, -0.2) is 8.42 Å². The lowest BCUT2D eigenvalue weighted by atomic mass is 10.2. The van der Waals surface area contributed by atoms with E-state index in [0.29, 0.717) is 11.3 Å². The van der Waals surface area contributed by atoms with Gasteiger partial charge in [0.2, 0.25) is 0 Å². The van der Waals surface area contributed by atoms with Gasteiger partial charge in [0.15, 0.2) is 9.84 Å². The zero-order valence-electron chi connectivity index (χ0n) is 10.7. The van der Waals surface area contributed by atoms with Gasteiger partial charge in [-0.3, -0.25) is 0 Å². The SMILES string of the molecule is N#Cc1cccc(S(=O)(=O)CCOCc2ccco2)c1. The number of benzene rings is 1. The molecule has 1 heterocycles. The summed E-state index contributed by atoms with van der Waals surface area (Å²) < 4.78 is 34.4. The number of nitriles is 1. The molecule has 1 aromatic carbocycles. The van der Waals surface area contributed by atoms with Gasteiger partial charge in [0.1, 0.15) is 12.4 Å². The summed E-state index contributed by atoms with van der Waals surface area (Å²) in [4.78, 5) is 0.137. The van der Waals surface area contributed by atoms with Crippen LogP contribution in [-0.2, 0) is 21.2 Å². The standard InChI is InChI=1S/C14H13NO4S/c15-10-12-3-1-5-14(9-12)20(16,17)8-7-18-11-13-4-2-6-19-13/h1-6,9H,7-8,11H2. The minimum Gasteiger partial charge on any atom is -0.467 e. The minimum atomic E-state index is -3.44. The van der Waals surface area contributed by atoms with Gasteiger partial charge in [-0.2, -0.15) is 5.26 Å². The maximum absolute atomic E-state index is 12.0. The van der Waals surface area contributed by atoms with Crippen LogP contribution in [-0.4, -0.2) is 20.8 Å². The second kappa shape index (κ2) is 6.37. The van der Waals surface area contributed by atoms with Crippen LogP contribution in [0.1, 0.15) is 11.3 Å². The third-order valence-corrected chi connectivity index (χ3v) is 4.32. The number of ether oxygens (including phenoxy) is 1. The lowest BCUT2D eigenvalue weighted by molar-refractivity contribution is 0.119. The third-order valence-electron chi connectivity index (χ3n) is 2.64. The number of hydrogen-bond donors (Lipinski definition) is 0. The van der Waals surface area contributed by atoms with Crippen molar-refractivity contribution in [2.24, 2.45) is 0 Å². The predicted molar refractivity (Wildman–Crippen MR) is 71.6 cm³/mol. The van der Waals surface area contributed by atoms with E-state index in [2.05, 4.69) is 0 Å². The van der Waals surface area contributed by atoms with Gasteiger partial charge in [0.05, 0.1) is 35.2 Å². The van der Waals surface area contributed by atoms with E-state index in [1.165, 1.54) is 18.4 Å². The van der Waals surface area contributed by atoms with E-state index in [1.807, 2.05) is 6.07 Å². The summed E-state index contributed by atoms with van der Waals surface area (Å²) in [6, 6.07) is 11.4. The fourth-order valence-corrected chi connectivity index (χ4v) is 2.78. The van der Waals surface area contributed by atoms with Gasteiger partial charge in [0.25, 0.3) is 0 Å². The van der Waals surface area contributed by atoms with Crippen LogP contribution in [0.4, 0.5) is 0 Å². The third kappa shape index (κ3) is 3.70. The average molecular weight is 291 g/mol. The van der Waals surface area contributed by atoms with E-state index in [0.717, 1.165) is 0 Å². The summed E-state index contributed by atoms with van der Waals surface area (Å²) in [5, 5.41) is 8.77. The van der Waals surface area contributed by atoms with Crippen LogP contribution in [0.2, 0.25) is 0 Å². The van der Waals surface area contributed by atoms with Crippen LogP contribution in [0.15, 0.2) is 52.0 Å². The van der Waals surface area contributed by atoms with E-state index in [4.69, 9.17) is 14.4 Å². The topological polar surface area (TPSA) is 80.3 Å². The van der Waals surface area contributed by atoms with Gasteiger partial charge in [-0.05, 0) is 30.3 Å². The second-order valence-electron chi connectivity index (χ2n) is 4.09. The maximum atomic E-state index is 12.0. The molecular weight excluding hydrogens is 278 g/mol. The molecule has 0 spiro atoms. The molecule has 2 rings (SSSR count). The molecule has 0 N–H and O–H groups in total. The highest BCUT2D eigenvalue weighted by Gasteiger charge is 2.14. The molecule has 0 aliphatic heterocycles. The number of nitrogens with zero attached hydrogens (tertiary/aromatic N) is 1. The van der Waals surface area contributed by atoms with Crippen molar-refractivity contribution in [2.75, 3.05) is 12.4 Å². The number of rotatable bonds is 6. The molecule has 1 aromatic heterocycles. The van der Waals surface area contributed by atoms with Gasteiger partial charge >= 0.3 is 0 Å². The van der Waals surface area contributed by atoms with Crippen LogP contribution < -0.4 is 0 Å². The van der Waals surface area contributed by atoms with Crippen molar-refractivity contribution in [3.63, 3.8) is 0 Å². The Bertz CT molecular complexity index is 699. The van der Waals surface area contributed by atoms with E-state index in [9.17, 15) is 8.42 Å². The second-order valence-corrected chi connectivity index (χ2v) is 6.20. The van der Waals surface area contributed by atoms with Gasteiger partial charge in [0, 0.05) is 0 Å². The normalized spacial score (nSPS) is 11.2. The zero-order chi connectivity index (χ0) is 14.4. The Hall–Kier alpha value is -2.10. The fraction of sp³-hybridized carbons (Fsp3) is 0.214. The Morgan fingerprint density at radius 1 is 1.25 bits per heavy atom. The summed E-state index contributed by atoms with van der Waals surface area (Å²) in [5.41, 5.74) is 0.322. The van der Waals surface area contributed by atoms with E-state index in [1.54, 1.807) is 24.3 Å². The van der Waals surface area contributed by atoms with Crippen molar-refractivity contribution in [3.05, 3.63) is 54.0 Å². The molecule has 6 heteroatoms. The van der Waals surface area contributed by atoms with Crippen molar-refractivity contribution in [1.82, 2.24) is 0 Å². The van der Waals surface area contributed by atoms with Crippen LogP contribution in [0.5, 0.6) is 0 Å². The average Bonchev–Trinajstić information content (AvgIpc) is 2.97. The molecule has 0 bridgehead atoms. The first-order valence-electron chi connectivity index (χ1n) is 5.95. The van der Waals surface area contributed by atoms with Crippen molar-refractivity contribution >= 4 is 9.84 Å². The molecule has 20 heavy (non-hydrogen) atoms. The van der Waals surface area contributed by atoms with Crippen molar-refractivity contribution in [1.29, 1.82) is 5.26 Å². The summed E-state index contributed by atoms with van der Waals surface area (Å²) in [6.07, 6.45) is 1.53. The van der Waals surface area contributed by atoms with E-state index < -0.39 is 9.84 Å². The first kappa shape index (κ1) is 14.3. The highest BCUT2D eigenvalue weighted by Crippen LogP contribution is 2.13. The zero-order valence-corrected chi connectivity index (χ0v) is 11.5. The predicted octanol–water partition coefficient (Wildman–Crippen LogP) is 2.14. The first-order valence-corrected chi connectivity index (χ1v) is 7.60. The van der Waals surface area contributed by atoms with Crippen LogP contribution >= 0.6 is 0 Å². The molecule has 0 fully saturated rings. The molecule has 0 saturated carbocycles. The van der Waals surface area contributed by atoms with E-state index in [-0.39, 0.29) is 23.9 Å². The minimum absolute atomic E-state index is 0.0693. The Morgan fingerprint density at radius 3 is 2.80 bits per heavy atom. The molecular formula is C14H13NO4S. The smallest absolute Gasteiger partial charge is 0.180 e. The van der Waals surface area contributed by atoms with Crippen molar-refractivity contribution in [3.8, 4) is 6.07 Å². The molecule has 2 aromatic rings. The highest BCUT2D eigenvalue weighted by atomic mass is 32.2. The van der Waals surface area contributed by atoms with Gasteiger partial charge in [-0.15, -0.1) is 0 Å².